The van der Waals surface area contributed by atoms with Crippen LogP contribution in [0.3, 0.4) is 0 Å². The molecule has 1 aromatic carbocycles. The van der Waals surface area contributed by atoms with Crippen LogP contribution in [0.4, 0.5) is 4.39 Å². The van der Waals surface area contributed by atoms with Crippen molar-refractivity contribution in [1.29, 1.82) is 0 Å². The van der Waals surface area contributed by atoms with Crippen molar-refractivity contribution in [1.82, 2.24) is 9.80 Å². The van der Waals surface area contributed by atoms with Crippen LogP contribution in [-0.2, 0) is 16.1 Å². The Morgan fingerprint density at radius 2 is 1.96 bits per heavy atom. The maximum absolute atomic E-state index is 13.4. The quantitative estimate of drug-likeness (QED) is 0.829. The van der Waals surface area contributed by atoms with Gasteiger partial charge in [0.25, 0.3) is 0 Å². The number of furan rings is 1. The zero-order chi connectivity index (χ0) is 18.6. The maximum atomic E-state index is 13.4. The summed E-state index contributed by atoms with van der Waals surface area (Å²) in [5, 5.41) is 0. The van der Waals surface area contributed by atoms with Crippen LogP contribution in [-0.4, -0.2) is 42.3 Å². The number of hydrogen-bond donors (Lipinski definition) is 1. The highest BCUT2D eigenvalue weighted by atomic mass is 19.1. The minimum absolute atomic E-state index is 0.0414. The normalized spacial score (nSPS) is 12.2. The molecule has 0 fully saturated rings. The molecule has 1 aromatic heterocycles. The fourth-order valence-electron chi connectivity index (χ4n) is 2.63. The van der Waals surface area contributed by atoms with Gasteiger partial charge in [-0.1, -0.05) is 12.1 Å². The van der Waals surface area contributed by atoms with Crippen molar-refractivity contribution in [2.24, 2.45) is 5.73 Å². The lowest BCUT2D eigenvalue weighted by atomic mass is 10.0. The van der Waals surface area contributed by atoms with E-state index in [1.165, 1.54) is 28.0 Å². The summed E-state index contributed by atoms with van der Waals surface area (Å²) < 4.78 is 18.9. The Balaban J connectivity index is 2.05. The zero-order valence-corrected chi connectivity index (χ0v) is 14.5. The lowest BCUT2D eigenvalue weighted by Crippen LogP contribution is -2.42. The van der Waals surface area contributed by atoms with Crippen LogP contribution in [0.2, 0.25) is 0 Å². The van der Waals surface area contributed by atoms with Gasteiger partial charge in [0.15, 0.2) is 0 Å². The first-order valence-corrected chi connectivity index (χ1v) is 7.82. The third-order valence-electron chi connectivity index (χ3n) is 3.87. The summed E-state index contributed by atoms with van der Waals surface area (Å²) in [5.41, 5.74) is 5.86. The van der Waals surface area contributed by atoms with E-state index < -0.39 is 17.8 Å². The van der Waals surface area contributed by atoms with E-state index in [4.69, 9.17) is 10.2 Å². The molecule has 0 aliphatic rings. The fourth-order valence-corrected chi connectivity index (χ4v) is 2.63. The first-order chi connectivity index (χ1) is 11.8. The molecule has 134 valence electrons. The zero-order valence-electron chi connectivity index (χ0n) is 14.5. The Labute approximate surface area is 146 Å². The standard InChI is InChI=1S/C18H22FN3O3/c1-12-7-8-15(25-12)10-21(2)16(23)11-22(3)17(18(20)24)13-5-4-6-14(19)9-13/h4-9,17H,10-11H2,1-3H3,(H2,20,24). The first kappa shape index (κ1) is 18.7. The van der Waals surface area contributed by atoms with E-state index >= 15 is 0 Å². The summed E-state index contributed by atoms with van der Waals surface area (Å²) in [6, 6.07) is 8.38. The third kappa shape index (κ3) is 4.90. The fraction of sp³-hybridized carbons (Fsp3) is 0.333. The molecule has 25 heavy (non-hydrogen) atoms. The van der Waals surface area contributed by atoms with E-state index in [2.05, 4.69) is 0 Å². The Hall–Kier alpha value is -2.67. The van der Waals surface area contributed by atoms with E-state index in [0.29, 0.717) is 17.9 Å². The van der Waals surface area contributed by atoms with Gasteiger partial charge in [0.2, 0.25) is 11.8 Å². The Bertz CT molecular complexity index is 760. The largest absolute Gasteiger partial charge is 0.464 e. The summed E-state index contributed by atoms with van der Waals surface area (Å²) >= 11 is 0. The molecule has 0 spiro atoms. The molecule has 0 radical (unpaired) electrons. The molecule has 2 rings (SSSR count). The highest BCUT2D eigenvalue weighted by Gasteiger charge is 2.26. The Kier molecular flexibility index (Phi) is 5.93. The molecule has 1 unspecified atom stereocenters. The van der Waals surface area contributed by atoms with Gasteiger partial charge < -0.3 is 15.1 Å². The number of carbonyl (C=O) groups is 2. The van der Waals surface area contributed by atoms with Crippen molar-refractivity contribution in [2.75, 3.05) is 20.6 Å². The highest BCUT2D eigenvalue weighted by molar-refractivity contribution is 5.83. The Morgan fingerprint density at radius 3 is 2.52 bits per heavy atom. The molecular formula is C18H22FN3O3. The number of nitrogens with zero attached hydrogens (tertiary/aromatic N) is 2. The number of nitrogens with two attached hydrogens (primary N) is 1. The first-order valence-electron chi connectivity index (χ1n) is 7.82. The van der Waals surface area contributed by atoms with Crippen molar-refractivity contribution in [3.05, 3.63) is 59.3 Å². The van der Waals surface area contributed by atoms with E-state index in [-0.39, 0.29) is 12.5 Å². The molecular weight excluding hydrogens is 325 g/mol. The molecule has 0 aliphatic heterocycles. The highest BCUT2D eigenvalue weighted by Crippen LogP contribution is 2.20. The van der Waals surface area contributed by atoms with Gasteiger partial charge in [-0.05, 0) is 43.8 Å². The third-order valence-corrected chi connectivity index (χ3v) is 3.87. The molecule has 2 N–H and O–H groups in total. The van der Waals surface area contributed by atoms with E-state index in [9.17, 15) is 14.0 Å². The summed E-state index contributed by atoms with van der Waals surface area (Å²) in [4.78, 5) is 27.2. The lowest BCUT2D eigenvalue weighted by molar-refractivity contribution is -0.133. The van der Waals surface area contributed by atoms with Crippen LogP contribution in [0.1, 0.15) is 23.1 Å². The lowest BCUT2D eigenvalue weighted by Gasteiger charge is -2.27. The van der Waals surface area contributed by atoms with Crippen molar-refractivity contribution >= 4 is 11.8 Å². The van der Waals surface area contributed by atoms with Gasteiger partial charge in [0.05, 0.1) is 13.1 Å². The average Bonchev–Trinajstić information content (AvgIpc) is 2.92. The van der Waals surface area contributed by atoms with Crippen molar-refractivity contribution in [3.63, 3.8) is 0 Å². The van der Waals surface area contributed by atoms with Gasteiger partial charge >= 0.3 is 0 Å². The minimum Gasteiger partial charge on any atom is -0.464 e. The van der Waals surface area contributed by atoms with Gasteiger partial charge in [0, 0.05) is 7.05 Å². The van der Waals surface area contributed by atoms with Crippen molar-refractivity contribution in [3.8, 4) is 0 Å². The predicted molar refractivity (Wildman–Crippen MR) is 90.9 cm³/mol. The molecule has 0 bridgehead atoms. The molecule has 0 saturated heterocycles. The predicted octanol–water partition coefficient (Wildman–Crippen LogP) is 1.84. The summed E-state index contributed by atoms with van der Waals surface area (Å²) in [7, 11) is 3.25. The molecule has 6 nitrogen and oxygen atoms in total. The van der Waals surface area contributed by atoms with Crippen LogP contribution in [0.25, 0.3) is 0 Å². The van der Waals surface area contributed by atoms with Gasteiger partial charge in [-0.3, -0.25) is 14.5 Å². The number of halogens is 1. The monoisotopic (exact) mass is 347 g/mol. The van der Waals surface area contributed by atoms with Crippen LogP contribution >= 0.6 is 0 Å². The SMILES string of the molecule is Cc1ccc(CN(C)C(=O)CN(C)C(C(N)=O)c2cccc(F)c2)o1. The second kappa shape index (κ2) is 7.94. The maximum Gasteiger partial charge on any atom is 0.239 e. The van der Waals surface area contributed by atoms with E-state index in [1.54, 1.807) is 20.2 Å². The summed E-state index contributed by atoms with van der Waals surface area (Å²) in [6.45, 7) is 2.11. The molecule has 1 atom stereocenters. The molecule has 2 amide bonds. The summed E-state index contributed by atoms with van der Waals surface area (Å²) in [6.07, 6.45) is 0. The smallest absolute Gasteiger partial charge is 0.239 e. The molecule has 7 heteroatoms. The molecule has 2 aromatic rings. The second-order valence-electron chi connectivity index (χ2n) is 6.04. The number of amides is 2. The number of likely N-dealkylation sites (N-methyl/N-ethyl adjacent to an activating group) is 2. The van der Waals surface area contributed by atoms with Crippen molar-refractivity contribution in [2.45, 2.75) is 19.5 Å². The van der Waals surface area contributed by atoms with Gasteiger partial charge in [-0.25, -0.2) is 4.39 Å². The average molecular weight is 347 g/mol. The Morgan fingerprint density at radius 1 is 1.24 bits per heavy atom. The molecule has 0 saturated carbocycles. The van der Waals surface area contributed by atoms with E-state index in [0.717, 1.165) is 5.76 Å². The van der Waals surface area contributed by atoms with Gasteiger partial charge in [0.1, 0.15) is 23.4 Å². The molecule has 1 heterocycles. The second-order valence-corrected chi connectivity index (χ2v) is 6.04. The number of primary amides is 1. The number of carbonyl (C=O) groups excluding carboxylic acids is 2. The van der Waals surface area contributed by atoms with Crippen LogP contribution in [0.15, 0.2) is 40.8 Å². The summed E-state index contributed by atoms with van der Waals surface area (Å²) in [5.74, 6) is 0.124. The topological polar surface area (TPSA) is 79.8 Å². The van der Waals surface area contributed by atoms with E-state index in [1.807, 2.05) is 19.1 Å². The van der Waals surface area contributed by atoms with Gasteiger partial charge in [-0.2, -0.15) is 0 Å². The van der Waals surface area contributed by atoms with Crippen LogP contribution in [0, 0.1) is 12.7 Å². The van der Waals surface area contributed by atoms with Gasteiger partial charge in [-0.15, -0.1) is 0 Å². The number of hydrogen-bond acceptors (Lipinski definition) is 4. The van der Waals surface area contributed by atoms with Crippen LogP contribution < -0.4 is 5.73 Å². The number of benzene rings is 1. The van der Waals surface area contributed by atoms with Crippen LogP contribution in [0.5, 0.6) is 0 Å². The van der Waals surface area contributed by atoms with Crippen molar-refractivity contribution < 1.29 is 18.4 Å². The molecule has 0 aliphatic carbocycles. The number of rotatable bonds is 7. The minimum atomic E-state index is -0.890. The number of aryl methyl sites for hydroxylation is 1.